The van der Waals surface area contributed by atoms with Gasteiger partial charge < -0.3 is 5.32 Å². The Morgan fingerprint density at radius 3 is 2.50 bits per heavy atom. The molecule has 0 heterocycles. The van der Waals surface area contributed by atoms with Crippen molar-refractivity contribution >= 4 is 27.3 Å². The molecule has 0 saturated carbocycles. The third-order valence-electron chi connectivity index (χ3n) is 3.44. The zero-order valence-electron chi connectivity index (χ0n) is 13.5. The number of halogens is 1. The normalized spacial score (nSPS) is 11.1. The largest absolute Gasteiger partial charge is 0.324 e. The molecule has 0 aliphatic heterocycles. The predicted octanol–water partition coefficient (Wildman–Crippen LogP) is 2.79. The summed E-state index contributed by atoms with van der Waals surface area (Å²) in [6, 6.07) is 12.4. The monoisotopic (exact) mass is 350 g/mol. The van der Waals surface area contributed by atoms with E-state index in [0.29, 0.717) is 12.1 Å². The lowest BCUT2D eigenvalue weighted by Gasteiger charge is -2.24. The molecule has 2 aromatic carbocycles. The van der Waals surface area contributed by atoms with Crippen molar-refractivity contribution in [1.82, 2.24) is 0 Å². The fourth-order valence-corrected chi connectivity index (χ4v) is 3.22. The first-order valence-corrected chi connectivity index (χ1v) is 9.27. The number of aryl methyl sites for hydroxylation is 1. The molecule has 0 saturated heterocycles. The minimum atomic E-state index is -3.65. The molecule has 1 amide bonds. The maximum Gasteiger partial charge on any atom is 0.245 e. The van der Waals surface area contributed by atoms with E-state index in [1.807, 2.05) is 19.1 Å². The van der Waals surface area contributed by atoms with Gasteiger partial charge in [0.25, 0.3) is 0 Å². The number of nitrogens with zero attached hydrogens (tertiary/aromatic N) is 1. The molecule has 0 spiro atoms. The van der Waals surface area contributed by atoms with Crippen LogP contribution < -0.4 is 9.62 Å². The summed E-state index contributed by atoms with van der Waals surface area (Å²) in [4.78, 5) is 12.2. The average Bonchev–Trinajstić information content (AvgIpc) is 2.51. The summed E-state index contributed by atoms with van der Waals surface area (Å²) in [7, 11) is -3.65. The average molecular weight is 350 g/mol. The van der Waals surface area contributed by atoms with Crippen LogP contribution >= 0.6 is 0 Å². The summed E-state index contributed by atoms with van der Waals surface area (Å²) in [5, 5.41) is 2.51. The van der Waals surface area contributed by atoms with Gasteiger partial charge in [0, 0.05) is 5.69 Å². The number of anilines is 2. The number of para-hydroxylation sites is 1. The molecular weight excluding hydrogens is 331 g/mol. The molecule has 0 bridgehead atoms. The summed E-state index contributed by atoms with van der Waals surface area (Å²) in [5.74, 6) is -1.03. The highest BCUT2D eigenvalue weighted by Gasteiger charge is 2.22. The van der Waals surface area contributed by atoms with Crippen molar-refractivity contribution in [3.8, 4) is 0 Å². The minimum Gasteiger partial charge on any atom is -0.324 e. The van der Waals surface area contributed by atoms with Gasteiger partial charge in [-0.15, -0.1) is 0 Å². The molecule has 0 atom stereocenters. The smallest absolute Gasteiger partial charge is 0.245 e. The third-order valence-corrected chi connectivity index (χ3v) is 4.56. The molecule has 0 aromatic heterocycles. The number of nitrogens with one attached hydrogen (secondary N) is 1. The van der Waals surface area contributed by atoms with Crippen LogP contribution in [0.2, 0.25) is 0 Å². The van der Waals surface area contributed by atoms with Crippen molar-refractivity contribution in [2.45, 2.75) is 13.3 Å². The summed E-state index contributed by atoms with van der Waals surface area (Å²) in [6.07, 6.45) is 1.68. The Morgan fingerprint density at radius 1 is 1.17 bits per heavy atom. The first kappa shape index (κ1) is 17.9. The van der Waals surface area contributed by atoms with Crippen molar-refractivity contribution in [2.24, 2.45) is 0 Å². The van der Waals surface area contributed by atoms with Crippen molar-refractivity contribution in [3.63, 3.8) is 0 Å². The fourth-order valence-electron chi connectivity index (χ4n) is 2.33. The quantitative estimate of drug-likeness (QED) is 0.871. The maximum atomic E-state index is 13.2. The number of benzene rings is 2. The summed E-state index contributed by atoms with van der Waals surface area (Å²) >= 11 is 0. The van der Waals surface area contributed by atoms with Gasteiger partial charge in [-0.1, -0.05) is 31.2 Å². The Kier molecular flexibility index (Phi) is 5.56. The van der Waals surface area contributed by atoms with Crippen LogP contribution in [0, 0.1) is 5.82 Å². The van der Waals surface area contributed by atoms with E-state index in [2.05, 4.69) is 5.32 Å². The van der Waals surface area contributed by atoms with Crippen molar-refractivity contribution < 1.29 is 17.6 Å². The highest BCUT2D eigenvalue weighted by Crippen LogP contribution is 2.23. The van der Waals surface area contributed by atoms with Gasteiger partial charge in [0.15, 0.2) is 0 Å². The van der Waals surface area contributed by atoms with Crippen LogP contribution in [-0.4, -0.2) is 27.1 Å². The van der Waals surface area contributed by atoms with E-state index in [9.17, 15) is 17.6 Å². The van der Waals surface area contributed by atoms with Gasteiger partial charge in [-0.05, 0) is 36.2 Å². The summed E-state index contributed by atoms with van der Waals surface area (Å²) in [5.41, 5.74) is 1.57. The van der Waals surface area contributed by atoms with Crippen LogP contribution in [-0.2, 0) is 21.2 Å². The van der Waals surface area contributed by atoms with E-state index in [1.54, 1.807) is 12.1 Å². The molecule has 0 unspecified atom stereocenters. The molecule has 7 heteroatoms. The second-order valence-electron chi connectivity index (χ2n) is 5.31. The van der Waals surface area contributed by atoms with Gasteiger partial charge in [-0.2, -0.15) is 0 Å². The second-order valence-corrected chi connectivity index (χ2v) is 7.22. The van der Waals surface area contributed by atoms with Gasteiger partial charge >= 0.3 is 0 Å². The van der Waals surface area contributed by atoms with E-state index < -0.39 is 21.7 Å². The summed E-state index contributed by atoms with van der Waals surface area (Å²) < 4.78 is 38.5. The Balaban J connectivity index is 2.25. The van der Waals surface area contributed by atoms with Crippen LogP contribution in [0.25, 0.3) is 0 Å². The van der Waals surface area contributed by atoms with Crippen molar-refractivity contribution in [1.29, 1.82) is 0 Å². The van der Waals surface area contributed by atoms with E-state index in [0.717, 1.165) is 16.1 Å². The molecular formula is C17H19FN2O3S. The SMILES string of the molecule is CCc1ccccc1N(CC(=O)Nc1cccc(F)c1)S(C)(=O)=O. The zero-order valence-corrected chi connectivity index (χ0v) is 14.3. The molecule has 0 radical (unpaired) electrons. The summed E-state index contributed by atoms with van der Waals surface area (Å²) in [6.45, 7) is 1.53. The highest BCUT2D eigenvalue weighted by atomic mass is 32.2. The van der Waals surface area contributed by atoms with E-state index >= 15 is 0 Å². The fraction of sp³-hybridized carbons (Fsp3) is 0.235. The second kappa shape index (κ2) is 7.44. The third kappa shape index (κ3) is 4.55. The van der Waals surface area contributed by atoms with Gasteiger partial charge in [-0.3, -0.25) is 9.10 Å². The van der Waals surface area contributed by atoms with Gasteiger partial charge in [0.1, 0.15) is 12.4 Å². The lowest BCUT2D eigenvalue weighted by molar-refractivity contribution is -0.114. The predicted molar refractivity (Wildman–Crippen MR) is 93.0 cm³/mol. The lowest BCUT2D eigenvalue weighted by atomic mass is 10.1. The van der Waals surface area contributed by atoms with Crippen LogP contribution in [0.1, 0.15) is 12.5 Å². The van der Waals surface area contributed by atoms with Gasteiger partial charge in [-0.25, -0.2) is 12.8 Å². The number of carbonyl (C=O) groups is 1. The standard InChI is InChI=1S/C17H19FN2O3S/c1-3-13-7-4-5-10-16(13)20(24(2,22)23)12-17(21)19-15-9-6-8-14(18)11-15/h4-11H,3,12H2,1-2H3,(H,19,21). The first-order valence-electron chi connectivity index (χ1n) is 7.42. The molecule has 5 nitrogen and oxygen atoms in total. The number of hydrogen-bond donors (Lipinski definition) is 1. The van der Waals surface area contributed by atoms with E-state index in [4.69, 9.17) is 0 Å². The first-order chi connectivity index (χ1) is 11.3. The number of rotatable bonds is 6. The molecule has 0 aliphatic carbocycles. The van der Waals surface area contributed by atoms with Crippen LogP contribution in [0.4, 0.5) is 15.8 Å². The van der Waals surface area contributed by atoms with Crippen LogP contribution in [0.3, 0.4) is 0 Å². The van der Waals surface area contributed by atoms with E-state index in [-0.39, 0.29) is 12.2 Å². The number of carbonyl (C=O) groups excluding carboxylic acids is 1. The number of sulfonamides is 1. The van der Waals surface area contributed by atoms with Crippen molar-refractivity contribution in [3.05, 3.63) is 59.9 Å². The number of amides is 1. The molecule has 24 heavy (non-hydrogen) atoms. The molecule has 2 aromatic rings. The maximum absolute atomic E-state index is 13.2. The Bertz CT molecular complexity index is 837. The van der Waals surface area contributed by atoms with Gasteiger partial charge in [0.05, 0.1) is 11.9 Å². The Morgan fingerprint density at radius 2 is 1.88 bits per heavy atom. The number of hydrogen-bond acceptors (Lipinski definition) is 3. The molecule has 0 aliphatic rings. The topological polar surface area (TPSA) is 66.5 Å². The molecule has 1 N–H and O–H groups in total. The molecule has 128 valence electrons. The Hall–Kier alpha value is -2.41. The molecule has 2 rings (SSSR count). The molecule has 0 fully saturated rings. The van der Waals surface area contributed by atoms with Crippen LogP contribution in [0.5, 0.6) is 0 Å². The minimum absolute atomic E-state index is 0.275. The highest BCUT2D eigenvalue weighted by molar-refractivity contribution is 7.92. The lowest BCUT2D eigenvalue weighted by Crippen LogP contribution is -2.38. The zero-order chi connectivity index (χ0) is 17.7. The van der Waals surface area contributed by atoms with Gasteiger partial charge in [0.2, 0.25) is 15.9 Å². The van der Waals surface area contributed by atoms with E-state index in [1.165, 1.54) is 24.3 Å². The van der Waals surface area contributed by atoms with Crippen molar-refractivity contribution in [2.75, 3.05) is 22.4 Å². The van der Waals surface area contributed by atoms with Crippen LogP contribution in [0.15, 0.2) is 48.5 Å². The Labute approximate surface area is 141 Å².